The molecule has 0 fully saturated rings. The minimum Gasteiger partial charge on any atom is -0.310 e. The highest BCUT2D eigenvalue weighted by Crippen LogP contribution is 2.55. The van der Waals surface area contributed by atoms with Gasteiger partial charge in [0.25, 0.3) is 0 Å². The molecule has 0 bridgehead atoms. The molecule has 0 saturated carbocycles. The lowest BCUT2D eigenvalue weighted by atomic mass is 9.91. The third-order valence-electron chi connectivity index (χ3n) is 12.6. The molecule has 5 heterocycles. The highest BCUT2D eigenvalue weighted by atomic mass is 15.2. The molecule has 7 aromatic carbocycles. The molecular formula is C53H35N5. The number of nitrogens with zero attached hydrogens (tertiary/aromatic N) is 5. The highest BCUT2D eigenvalue weighted by molar-refractivity contribution is 6.24. The molecule has 272 valence electrons. The van der Waals surface area contributed by atoms with Crippen LogP contribution in [0.3, 0.4) is 0 Å². The Labute approximate surface area is 334 Å². The number of para-hydroxylation sites is 5. The fraction of sp³-hybridized carbons (Fsp3) is 0.0377. The van der Waals surface area contributed by atoms with Gasteiger partial charge in [0.1, 0.15) is 0 Å². The standard InChI is InChI=1S/C53H35N5/c1-3-15-34(16-4-1)55-46-23-11-7-19-38(46)42-27-29-44-40-21-9-13-25-48(40)57(52(44)50(42)55)36-31-37(33-54-32-36)58-49-26-14-10-22-41(49)45-30-28-43-39-20-8-12-24-47(39)56(51(43)53(45)58)35-17-5-2-6-18-35/h1-21,23-33,41H,22H2. The van der Waals surface area contributed by atoms with Crippen LogP contribution in [0.1, 0.15) is 17.9 Å². The van der Waals surface area contributed by atoms with E-state index in [-0.39, 0.29) is 5.92 Å². The Morgan fingerprint density at radius 3 is 1.52 bits per heavy atom. The van der Waals surface area contributed by atoms with Gasteiger partial charge in [0.2, 0.25) is 0 Å². The number of pyridine rings is 1. The topological polar surface area (TPSA) is 30.9 Å². The van der Waals surface area contributed by atoms with Gasteiger partial charge in [0, 0.05) is 55.3 Å². The van der Waals surface area contributed by atoms with E-state index in [9.17, 15) is 0 Å². The number of benzene rings is 7. The molecule has 58 heavy (non-hydrogen) atoms. The van der Waals surface area contributed by atoms with E-state index in [1.54, 1.807) is 0 Å². The first-order chi connectivity index (χ1) is 28.8. The van der Waals surface area contributed by atoms with Gasteiger partial charge < -0.3 is 18.6 Å². The Kier molecular flexibility index (Phi) is 6.50. The molecule has 1 unspecified atom stereocenters. The molecule has 1 aliphatic heterocycles. The predicted octanol–water partition coefficient (Wildman–Crippen LogP) is 13.5. The van der Waals surface area contributed by atoms with Gasteiger partial charge in [-0.3, -0.25) is 4.98 Å². The van der Waals surface area contributed by atoms with Crippen LogP contribution in [0, 0.1) is 0 Å². The third kappa shape index (κ3) is 4.22. The Morgan fingerprint density at radius 2 is 0.914 bits per heavy atom. The van der Waals surface area contributed by atoms with Crippen molar-refractivity contribution >= 4 is 76.8 Å². The molecule has 1 aliphatic carbocycles. The van der Waals surface area contributed by atoms with Crippen molar-refractivity contribution in [3.8, 4) is 17.1 Å². The second-order valence-corrected chi connectivity index (χ2v) is 15.5. The van der Waals surface area contributed by atoms with Gasteiger partial charge in [-0.1, -0.05) is 127 Å². The minimum absolute atomic E-state index is 0.240. The van der Waals surface area contributed by atoms with Crippen LogP contribution < -0.4 is 4.90 Å². The lowest BCUT2D eigenvalue weighted by Gasteiger charge is -2.26. The summed E-state index contributed by atoms with van der Waals surface area (Å²) < 4.78 is 7.36. The van der Waals surface area contributed by atoms with E-state index in [4.69, 9.17) is 4.98 Å². The van der Waals surface area contributed by atoms with Crippen molar-refractivity contribution in [2.45, 2.75) is 12.3 Å². The molecule has 0 radical (unpaired) electrons. The largest absolute Gasteiger partial charge is 0.310 e. The van der Waals surface area contributed by atoms with Crippen LogP contribution in [-0.4, -0.2) is 18.7 Å². The Balaban J connectivity index is 1.12. The molecule has 2 aliphatic rings. The molecular weight excluding hydrogens is 707 g/mol. The van der Waals surface area contributed by atoms with Crippen molar-refractivity contribution in [1.82, 2.24) is 18.7 Å². The number of allylic oxidation sites excluding steroid dienone is 4. The van der Waals surface area contributed by atoms with Gasteiger partial charge in [0.15, 0.2) is 0 Å². The van der Waals surface area contributed by atoms with Gasteiger partial charge in [-0.15, -0.1) is 0 Å². The maximum atomic E-state index is 5.09. The molecule has 0 N–H and O–H groups in total. The van der Waals surface area contributed by atoms with Crippen molar-refractivity contribution < 1.29 is 0 Å². The van der Waals surface area contributed by atoms with Gasteiger partial charge in [-0.25, -0.2) is 0 Å². The normalized spacial score (nSPS) is 15.0. The number of aromatic nitrogens is 4. The van der Waals surface area contributed by atoms with Crippen molar-refractivity contribution in [2.75, 3.05) is 4.90 Å². The number of hydrogen-bond acceptors (Lipinski definition) is 2. The summed E-state index contributed by atoms with van der Waals surface area (Å²) in [6, 6.07) is 59.7. The van der Waals surface area contributed by atoms with E-state index < -0.39 is 0 Å². The average Bonchev–Trinajstić information content (AvgIpc) is 4.02. The summed E-state index contributed by atoms with van der Waals surface area (Å²) in [4.78, 5) is 7.60. The lowest BCUT2D eigenvalue weighted by molar-refractivity contribution is 0.819. The van der Waals surface area contributed by atoms with E-state index in [1.807, 2.05) is 12.4 Å². The van der Waals surface area contributed by atoms with Crippen LogP contribution in [0.15, 0.2) is 200 Å². The highest BCUT2D eigenvalue weighted by Gasteiger charge is 2.38. The molecule has 0 amide bonds. The minimum atomic E-state index is 0.240. The first kappa shape index (κ1) is 31.6. The Morgan fingerprint density at radius 1 is 0.431 bits per heavy atom. The van der Waals surface area contributed by atoms with E-state index in [0.717, 1.165) is 34.7 Å². The zero-order valence-electron chi connectivity index (χ0n) is 31.5. The monoisotopic (exact) mass is 741 g/mol. The van der Waals surface area contributed by atoms with Crippen molar-refractivity contribution in [1.29, 1.82) is 0 Å². The maximum absolute atomic E-state index is 5.09. The fourth-order valence-electron chi connectivity index (χ4n) is 10.2. The van der Waals surface area contributed by atoms with Crippen LogP contribution in [0.4, 0.5) is 11.4 Å². The van der Waals surface area contributed by atoms with Crippen LogP contribution in [-0.2, 0) is 0 Å². The van der Waals surface area contributed by atoms with Crippen molar-refractivity contribution in [3.63, 3.8) is 0 Å². The molecule has 11 aromatic rings. The summed E-state index contributed by atoms with van der Waals surface area (Å²) in [5, 5.41) is 7.40. The lowest BCUT2D eigenvalue weighted by Crippen LogP contribution is -2.16. The first-order valence-electron chi connectivity index (χ1n) is 20.1. The van der Waals surface area contributed by atoms with E-state index in [0.29, 0.717) is 0 Å². The van der Waals surface area contributed by atoms with Gasteiger partial charge >= 0.3 is 0 Å². The Hall–Kier alpha value is -7.63. The van der Waals surface area contributed by atoms with Crippen LogP contribution in [0.5, 0.6) is 0 Å². The third-order valence-corrected chi connectivity index (χ3v) is 12.6. The Bertz CT molecular complexity index is 3540. The summed E-state index contributed by atoms with van der Waals surface area (Å²) in [6.07, 6.45) is 11.9. The van der Waals surface area contributed by atoms with E-state index in [1.165, 1.54) is 76.8 Å². The van der Waals surface area contributed by atoms with Crippen LogP contribution >= 0.6 is 0 Å². The van der Waals surface area contributed by atoms with Crippen LogP contribution in [0.2, 0.25) is 0 Å². The second-order valence-electron chi connectivity index (χ2n) is 15.5. The zero-order chi connectivity index (χ0) is 37.9. The molecule has 0 spiro atoms. The maximum Gasteiger partial charge on any atom is 0.0789 e. The molecule has 5 nitrogen and oxygen atoms in total. The molecule has 4 aromatic heterocycles. The quantitative estimate of drug-likeness (QED) is 0.180. The molecule has 1 atom stereocenters. The summed E-state index contributed by atoms with van der Waals surface area (Å²) in [6.45, 7) is 0. The fourth-order valence-corrected chi connectivity index (χ4v) is 10.2. The van der Waals surface area contributed by atoms with Gasteiger partial charge in [-0.05, 0) is 66.6 Å². The first-order valence-corrected chi connectivity index (χ1v) is 20.1. The van der Waals surface area contributed by atoms with Crippen molar-refractivity contribution in [3.05, 3.63) is 206 Å². The number of hydrogen-bond donors (Lipinski definition) is 0. The van der Waals surface area contributed by atoms with Gasteiger partial charge in [-0.2, -0.15) is 0 Å². The van der Waals surface area contributed by atoms with E-state index >= 15 is 0 Å². The van der Waals surface area contributed by atoms with Crippen molar-refractivity contribution in [2.24, 2.45) is 0 Å². The van der Waals surface area contributed by atoms with Crippen LogP contribution in [0.25, 0.3) is 82.5 Å². The zero-order valence-corrected chi connectivity index (χ0v) is 31.5. The summed E-state index contributed by atoms with van der Waals surface area (Å²) in [5.41, 5.74) is 15.3. The number of anilines is 2. The SMILES string of the molecule is C1=CCC2C(=C1)N(c1cncc(-n3c4ccccc4c4ccc5c6ccccc6n(-c6ccccc6)c5c43)c1)c1c2ccc2c3ccccc3n(-c3ccccc3)c12. The summed E-state index contributed by atoms with van der Waals surface area (Å²) >= 11 is 0. The molecule has 5 heteroatoms. The number of fused-ring (bicyclic) bond motifs is 14. The van der Waals surface area contributed by atoms with Gasteiger partial charge in [0.05, 0.1) is 62.6 Å². The summed E-state index contributed by atoms with van der Waals surface area (Å²) in [5.74, 6) is 0.240. The molecule has 0 saturated heterocycles. The second kappa shape index (κ2) is 11.9. The van der Waals surface area contributed by atoms with E-state index in [2.05, 4.69) is 201 Å². The predicted molar refractivity (Wildman–Crippen MR) is 240 cm³/mol. The average molecular weight is 742 g/mol. The summed E-state index contributed by atoms with van der Waals surface area (Å²) in [7, 11) is 0. The smallest absolute Gasteiger partial charge is 0.0789 e. The molecule has 13 rings (SSSR count). The number of rotatable bonds is 4.